The number of nitrogens with one attached hydrogen (secondary N) is 2. The predicted octanol–water partition coefficient (Wildman–Crippen LogP) is 4.20. The van der Waals surface area contributed by atoms with Gasteiger partial charge in [-0.25, -0.2) is 9.78 Å². The minimum atomic E-state index is -0.666. The molecule has 0 spiro atoms. The number of anilines is 1. The maximum Gasteiger partial charge on any atom is 0.341 e. The number of aromatic amines is 1. The van der Waals surface area contributed by atoms with E-state index in [0.29, 0.717) is 15.9 Å². The summed E-state index contributed by atoms with van der Waals surface area (Å²) >= 11 is 13.2. The molecule has 2 N–H and O–H groups in total. The Morgan fingerprint density at radius 1 is 1.21 bits per heavy atom. The Labute approximate surface area is 172 Å². The van der Waals surface area contributed by atoms with Gasteiger partial charge in [0.15, 0.2) is 5.13 Å². The first-order chi connectivity index (χ1) is 13.2. The van der Waals surface area contributed by atoms with Gasteiger partial charge in [0.1, 0.15) is 17.0 Å². The number of nitrogens with zero attached hydrogens (tertiary/aromatic N) is 1. The van der Waals surface area contributed by atoms with Crippen LogP contribution in [0.4, 0.5) is 5.13 Å². The topological polar surface area (TPSA) is 110 Å². The standard InChI is InChI=1S/C17H13Cl2N3O5S/c1-6-12(18)13(19)14(20-6)15(24)22-17-21-9-5-10(27-7(2)23)8(16(25)26-3)4-11(9)28-17/h4-5,20H,1-3H3,(H,21,22,24). The van der Waals surface area contributed by atoms with E-state index in [-0.39, 0.29) is 32.2 Å². The number of hydrogen-bond acceptors (Lipinski definition) is 7. The quantitative estimate of drug-likeness (QED) is 0.463. The highest BCUT2D eigenvalue weighted by Gasteiger charge is 2.21. The van der Waals surface area contributed by atoms with E-state index in [1.54, 1.807) is 6.92 Å². The SMILES string of the molecule is COC(=O)c1cc2sc(NC(=O)c3[nH]c(C)c(Cl)c3Cl)nc2cc1OC(C)=O. The lowest BCUT2D eigenvalue weighted by Gasteiger charge is -2.06. The number of halogens is 2. The molecule has 146 valence electrons. The molecule has 0 atom stereocenters. The Kier molecular flexibility index (Phi) is 5.59. The van der Waals surface area contributed by atoms with E-state index >= 15 is 0 Å². The third-order valence-electron chi connectivity index (χ3n) is 3.65. The van der Waals surface area contributed by atoms with Crippen molar-refractivity contribution in [2.75, 3.05) is 12.4 Å². The summed E-state index contributed by atoms with van der Waals surface area (Å²) < 4.78 is 10.4. The molecule has 1 amide bonds. The number of ether oxygens (including phenoxy) is 2. The normalized spacial score (nSPS) is 10.8. The molecule has 0 unspecified atom stereocenters. The minimum absolute atomic E-state index is 0.0184. The van der Waals surface area contributed by atoms with Gasteiger partial charge in [-0.05, 0) is 13.0 Å². The van der Waals surface area contributed by atoms with Gasteiger partial charge in [-0.1, -0.05) is 34.5 Å². The van der Waals surface area contributed by atoms with Crippen LogP contribution in [0.5, 0.6) is 5.75 Å². The second-order valence-electron chi connectivity index (χ2n) is 5.63. The van der Waals surface area contributed by atoms with Gasteiger partial charge in [-0.2, -0.15) is 0 Å². The zero-order chi connectivity index (χ0) is 20.6. The van der Waals surface area contributed by atoms with Crippen LogP contribution in [-0.4, -0.2) is 34.9 Å². The molecule has 0 aliphatic heterocycles. The summed E-state index contributed by atoms with van der Waals surface area (Å²) in [6, 6.07) is 2.91. The molecule has 11 heteroatoms. The average Bonchev–Trinajstić information content (AvgIpc) is 3.14. The molecule has 0 fully saturated rings. The van der Waals surface area contributed by atoms with E-state index in [0.717, 1.165) is 11.3 Å². The third-order valence-corrected chi connectivity index (χ3v) is 5.53. The molecule has 3 rings (SSSR count). The maximum atomic E-state index is 12.4. The molecule has 0 bridgehead atoms. The van der Waals surface area contributed by atoms with Gasteiger partial charge in [-0.15, -0.1) is 0 Å². The summed E-state index contributed by atoms with van der Waals surface area (Å²) in [5.41, 5.74) is 1.17. The van der Waals surface area contributed by atoms with Gasteiger partial charge in [-0.3, -0.25) is 14.9 Å². The molecule has 2 heterocycles. The summed E-state index contributed by atoms with van der Waals surface area (Å²) in [5.74, 6) is -1.76. The van der Waals surface area contributed by atoms with Gasteiger partial charge in [0.25, 0.3) is 5.91 Å². The van der Waals surface area contributed by atoms with Gasteiger partial charge >= 0.3 is 11.9 Å². The van der Waals surface area contributed by atoms with Crippen molar-refractivity contribution < 1.29 is 23.9 Å². The van der Waals surface area contributed by atoms with E-state index in [2.05, 4.69) is 15.3 Å². The van der Waals surface area contributed by atoms with E-state index < -0.39 is 17.8 Å². The lowest BCUT2D eigenvalue weighted by atomic mass is 10.2. The fourth-order valence-corrected chi connectivity index (χ4v) is 3.70. The van der Waals surface area contributed by atoms with Crippen LogP contribution in [0.15, 0.2) is 12.1 Å². The van der Waals surface area contributed by atoms with Crippen LogP contribution in [0.3, 0.4) is 0 Å². The van der Waals surface area contributed by atoms with Crippen LogP contribution in [-0.2, 0) is 9.53 Å². The number of aromatic nitrogens is 2. The second kappa shape index (κ2) is 7.78. The molecule has 28 heavy (non-hydrogen) atoms. The maximum absolute atomic E-state index is 12.4. The van der Waals surface area contributed by atoms with Crippen molar-refractivity contribution in [1.29, 1.82) is 0 Å². The fourth-order valence-electron chi connectivity index (χ4n) is 2.40. The van der Waals surface area contributed by atoms with Crippen molar-refractivity contribution >= 4 is 67.7 Å². The van der Waals surface area contributed by atoms with Crippen LogP contribution >= 0.6 is 34.5 Å². The van der Waals surface area contributed by atoms with Gasteiger partial charge < -0.3 is 14.5 Å². The monoisotopic (exact) mass is 441 g/mol. The summed E-state index contributed by atoms with van der Waals surface area (Å²) in [7, 11) is 1.22. The van der Waals surface area contributed by atoms with Crippen molar-refractivity contribution in [3.8, 4) is 5.75 Å². The molecule has 3 aromatic rings. The Bertz CT molecular complexity index is 1120. The highest BCUT2D eigenvalue weighted by molar-refractivity contribution is 7.22. The largest absolute Gasteiger partial charge is 0.465 e. The number of methoxy groups -OCH3 is 1. The molecule has 2 aromatic heterocycles. The zero-order valence-electron chi connectivity index (χ0n) is 14.8. The average molecular weight is 442 g/mol. The van der Waals surface area contributed by atoms with E-state index in [4.69, 9.17) is 32.7 Å². The predicted molar refractivity (Wildman–Crippen MR) is 106 cm³/mol. The Morgan fingerprint density at radius 2 is 1.93 bits per heavy atom. The van der Waals surface area contributed by atoms with Crippen molar-refractivity contribution in [1.82, 2.24) is 9.97 Å². The number of benzene rings is 1. The summed E-state index contributed by atoms with van der Waals surface area (Å²) in [4.78, 5) is 42.8. The number of aryl methyl sites for hydroxylation is 1. The zero-order valence-corrected chi connectivity index (χ0v) is 17.1. The molecule has 0 saturated heterocycles. The number of rotatable bonds is 4. The number of carbonyl (C=O) groups is 3. The van der Waals surface area contributed by atoms with Crippen molar-refractivity contribution in [3.63, 3.8) is 0 Å². The van der Waals surface area contributed by atoms with Crippen LogP contribution in [0.25, 0.3) is 10.2 Å². The third kappa shape index (κ3) is 3.82. The van der Waals surface area contributed by atoms with E-state index in [1.807, 2.05) is 0 Å². The van der Waals surface area contributed by atoms with Crippen LogP contribution in [0.1, 0.15) is 33.5 Å². The van der Waals surface area contributed by atoms with Crippen molar-refractivity contribution in [3.05, 3.63) is 39.1 Å². The lowest BCUT2D eigenvalue weighted by molar-refractivity contribution is -0.131. The first-order valence-electron chi connectivity index (χ1n) is 7.77. The van der Waals surface area contributed by atoms with Gasteiger partial charge in [0.2, 0.25) is 0 Å². The van der Waals surface area contributed by atoms with E-state index in [9.17, 15) is 14.4 Å². The number of carbonyl (C=O) groups excluding carboxylic acids is 3. The summed E-state index contributed by atoms with van der Waals surface area (Å²) in [6.45, 7) is 2.90. The van der Waals surface area contributed by atoms with Gasteiger partial charge in [0.05, 0.1) is 27.4 Å². The first-order valence-corrected chi connectivity index (χ1v) is 9.34. The number of thiazole rings is 1. The molecular formula is C17H13Cl2N3O5S. The highest BCUT2D eigenvalue weighted by Crippen LogP contribution is 2.34. The summed E-state index contributed by atoms with van der Waals surface area (Å²) in [5, 5.41) is 3.26. The lowest BCUT2D eigenvalue weighted by Crippen LogP contribution is -2.12. The number of fused-ring (bicyclic) bond motifs is 1. The van der Waals surface area contributed by atoms with E-state index in [1.165, 1.54) is 26.2 Å². The van der Waals surface area contributed by atoms with Crippen LogP contribution in [0, 0.1) is 6.92 Å². The molecule has 1 aromatic carbocycles. The number of amides is 1. The second-order valence-corrected chi connectivity index (χ2v) is 7.41. The van der Waals surface area contributed by atoms with Crippen LogP contribution < -0.4 is 10.1 Å². The molecule has 0 aliphatic rings. The Hall–Kier alpha value is -2.62. The molecule has 0 radical (unpaired) electrons. The number of esters is 2. The van der Waals surface area contributed by atoms with Gasteiger partial charge in [0, 0.05) is 18.7 Å². The highest BCUT2D eigenvalue weighted by atomic mass is 35.5. The molecule has 0 aliphatic carbocycles. The van der Waals surface area contributed by atoms with Crippen molar-refractivity contribution in [2.24, 2.45) is 0 Å². The first kappa shape index (κ1) is 20.1. The molecule has 8 nitrogen and oxygen atoms in total. The Balaban J connectivity index is 1.97. The van der Waals surface area contributed by atoms with Crippen LogP contribution in [0.2, 0.25) is 10.0 Å². The number of H-pyrrole nitrogens is 1. The van der Waals surface area contributed by atoms with Crippen molar-refractivity contribution in [2.45, 2.75) is 13.8 Å². The number of hydrogen-bond donors (Lipinski definition) is 2. The molecule has 0 saturated carbocycles. The minimum Gasteiger partial charge on any atom is -0.465 e. The summed E-state index contributed by atoms with van der Waals surface area (Å²) in [6.07, 6.45) is 0. The smallest absolute Gasteiger partial charge is 0.341 e. The fraction of sp³-hybridized carbons (Fsp3) is 0.176. The molecular weight excluding hydrogens is 429 g/mol. The Morgan fingerprint density at radius 3 is 2.50 bits per heavy atom.